The Hall–Kier alpha value is -1.89. The Morgan fingerprint density at radius 3 is 2.35 bits per heavy atom. The maximum Gasteiger partial charge on any atom is 0.238 e. The highest BCUT2D eigenvalue weighted by Crippen LogP contribution is 2.59. The Balaban J connectivity index is 1.17. The van der Waals surface area contributed by atoms with E-state index in [9.17, 15) is 14.3 Å². The van der Waals surface area contributed by atoms with Gasteiger partial charge in [-0.05, 0) is 104 Å². The molecule has 1 saturated heterocycles. The highest BCUT2D eigenvalue weighted by atomic mass is 32.2. The summed E-state index contributed by atoms with van der Waals surface area (Å²) in [6, 6.07) is 12.3. The van der Waals surface area contributed by atoms with Gasteiger partial charge in [0.1, 0.15) is 17.4 Å². The number of aliphatic hydroxyl groups is 1. The van der Waals surface area contributed by atoms with Crippen molar-refractivity contribution in [2.45, 2.75) is 57.1 Å². The van der Waals surface area contributed by atoms with E-state index in [4.69, 9.17) is 0 Å². The van der Waals surface area contributed by atoms with Gasteiger partial charge in [-0.15, -0.1) is 11.8 Å². The van der Waals surface area contributed by atoms with Crippen LogP contribution in [-0.2, 0) is 4.79 Å². The van der Waals surface area contributed by atoms with Crippen LogP contribution in [0.5, 0.6) is 0 Å². The van der Waals surface area contributed by atoms with Gasteiger partial charge in [0, 0.05) is 12.2 Å². The molecule has 4 nitrogen and oxygen atoms in total. The van der Waals surface area contributed by atoms with Crippen LogP contribution in [-0.4, -0.2) is 23.3 Å². The number of thioether (sulfide) groups is 1. The summed E-state index contributed by atoms with van der Waals surface area (Å²) in [6.07, 6.45) is 7.51. The molecule has 4 saturated carbocycles. The lowest BCUT2D eigenvalue weighted by molar-refractivity contribution is -0.115. The number of nitrogens with one attached hydrogen (secondary N) is 1. The van der Waals surface area contributed by atoms with Crippen LogP contribution < -0.4 is 10.2 Å². The summed E-state index contributed by atoms with van der Waals surface area (Å²) in [6.45, 7) is 2.87. The topological polar surface area (TPSA) is 52.6 Å². The average molecular weight is 481 g/mol. The first-order valence-corrected chi connectivity index (χ1v) is 13.7. The number of aryl methyl sites for hydroxylation is 1. The lowest BCUT2D eigenvalue weighted by atomic mass is 9.49. The summed E-state index contributed by atoms with van der Waals surface area (Å²) in [4.78, 5) is 14.6. The smallest absolute Gasteiger partial charge is 0.238 e. The zero-order valence-corrected chi connectivity index (χ0v) is 20.5. The van der Waals surface area contributed by atoms with Gasteiger partial charge in [0.2, 0.25) is 5.91 Å². The first kappa shape index (κ1) is 22.6. The van der Waals surface area contributed by atoms with Gasteiger partial charge >= 0.3 is 0 Å². The van der Waals surface area contributed by atoms with Gasteiger partial charge in [-0.2, -0.15) is 0 Å². The first-order chi connectivity index (χ1) is 16.4. The normalized spacial score (nSPS) is 33.0. The Kier molecular flexibility index (Phi) is 5.74. The number of nitrogens with zero attached hydrogens (tertiary/aromatic N) is 1. The van der Waals surface area contributed by atoms with Crippen LogP contribution in [0.2, 0.25) is 0 Å². The number of carbonyl (C=O) groups is 1. The summed E-state index contributed by atoms with van der Waals surface area (Å²) in [7, 11) is 0. The third-order valence-electron chi connectivity index (χ3n) is 8.65. The monoisotopic (exact) mass is 480 g/mol. The summed E-state index contributed by atoms with van der Waals surface area (Å²) in [5.74, 6) is 2.87. The average Bonchev–Trinajstić information content (AvgIpc) is 3.18. The largest absolute Gasteiger partial charge is 0.374 e. The molecule has 0 spiro atoms. The van der Waals surface area contributed by atoms with Crippen LogP contribution in [0.4, 0.5) is 10.1 Å². The Morgan fingerprint density at radius 1 is 1.09 bits per heavy atom. The van der Waals surface area contributed by atoms with E-state index in [0.29, 0.717) is 11.2 Å². The van der Waals surface area contributed by atoms with Crippen molar-refractivity contribution in [1.29, 1.82) is 0 Å². The summed E-state index contributed by atoms with van der Waals surface area (Å²) >= 11 is 1.56. The molecule has 34 heavy (non-hydrogen) atoms. The van der Waals surface area contributed by atoms with Crippen molar-refractivity contribution >= 4 is 23.4 Å². The molecule has 5 fully saturated rings. The molecule has 0 aromatic heterocycles. The van der Waals surface area contributed by atoms with Crippen molar-refractivity contribution in [2.75, 3.05) is 17.2 Å². The van der Waals surface area contributed by atoms with E-state index in [1.807, 2.05) is 30.0 Å². The molecule has 2 unspecified atom stereocenters. The van der Waals surface area contributed by atoms with E-state index in [1.54, 1.807) is 23.9 Å². The molecule has 0 radical (unpaired) electrons. The molecule has 2 N–H and O–H groups in total. The quantitative estimate of drug-likeness (QED) is 0.520. The highest BCUT2D eigenvalue weighted by molar-refractivity contribution is 8.00. The third-order valence-corrected chi connectivity index (χ3v) is 9.87. The van der Waals surface area contributed by atoms with E-state index < -0.39 is 6.23 Å². The van der Waals surface area contributed by atoms with Gasteiger partial charge in [0.25, 0.3) is 0 Å². The van der Waals surface area contributed by atoms with Crippen molar-refractivity contribution in [2.24, 2.45) is 23.2 Å². The van der Waals surface area contributed by atoms with Gasteiger partial charge in [0.15, 0.2) is 0 Å². The molecular weight excluding hydrogens is 447 g/mol. The number of benzene rings is 2. The van der Waals surface area contributed by atoms with Crippen molar-refractivity contribution < 1.29 is 14.3 Å². The number of anilines is 1. The lowest BCUT2D eigenvalue weighted by Crippen LogP contribution is -2.50. The van der Waals surface area contributed by atoms with E-state index >= 15 is 0 Å². The maximum atomic E-state index is 13.4. The molecule has 6 heteroatoms. The number of halogens is 1. The SMILES string of the molecule is Cc1cc(C(O)NCC23CC4CC(CC(C4)C2)C3)ccc1N1C(=O)CSC1c1ccc(F)cc1. The Morgan fingerprint density at radius 2 is 1.74 bits per heavy atom. The van der Waals surface area contributed by atoms with Crippen molar-refractivity contribution in [3.8, 4) is 0 Å². The summed E-state index contributed by atoms with van der Waals surface area (Å²) in [5.41, 5.74) is 3.92. The van der Waals surface area contributed by atoms with Crippen LogP contribution in [0.15, 0.2) is 42.5 Å². The molecule has 1 amide bonds. The number of carbonyl (C=O) groups excluding carboxylic acids is 1. The van der Waals surface area contributed by atoms with E-state index in [0.717, 1.165) is 46.7 Å². The van der Waals surface area contributed by atoms with Crippen molar-refractivity contribution in [3.05, 3.63) is 65.0 Å². The minimum absolute atomic E-state index is 0.0515. The van der Waals surface area contributed by atoms with Gasteiger partial charge < -0.3 is 5.11 Å². The lowest BCUT2D eigenvalue weighted by Gasteiger charge is -2.57. The first-order valence-electron chi connectivity index (χ1n) is 12.6. The fraction of sp³-hybridized carbons (Fsp3) is 0.536. The second kappa shape index (κ2) is 8.65. The molecule has 7 rings (SSSR count). The fourth-order valence-electron chi connectivity index (χ4n) is 7.62. The predicted molar refractivity (Wildman–Crippen MR) is 134 cm³/mol. The van der Waals surface area contributed by atoms with Crippen LogP contribution in [0.3, 0.4) is 0 Å². The molecular formula is C28H33FN2O2S. The molecule has 2 aromatic carbocycles. The van der Waals surface area contributed by atoms with E-state index in [1.165, 1.54) is 50.7 Å². The van der Waals surface area contributed by atoms with Crippen molar-refractivity contribution in [3.63, 3.8) is 0 Å². The molecule has 1 heterocycles. The van der Waals surface area contributed by atoms with E-state index in [-0.39, 0.29) is 17.1 Å². The van der Waals surface area contributed by atoms with E-state index in [2.05, 4.69) is 5.32 Å². The van der Waals surface area contributed by atoms with Crippen LogP contribution in [0.1, 0.15) is 66.8 Å². The molecule has 5 aliphatic rings. The number of hydrogen-bond acceptors (Lipinski definition) is 4. The maximum absolute atomic E-state index is 13.4. The van der Waals surface area contributed by atoms with Crippen LogP contribution in [0.25, 0.3) is 0 Å². The summed E-state index contributed by atoms with van der Waals surface area (Å²) < 4.78 is 13.4. The van der Waals surface area contributed by atoms with Gasteiger partial charge in [-0.1, -0.05) is 24.3 Å². The molecule has 180 valence electrons. The minimum Gasteiger partial charge on any atom is -0.374 e. The van der Waals surface area contributed by atoms with Crippen molar-refractivity contribution in [1.82, 2.24) is 5.32 Å². The fourth-order valence-corrected chi connectivity index (χ4v) is 8.78. The third kappa shape index (κ3) is 4.08. The zero-order chi connectivity index (χ0) is 23.4. The number of amides is 1. The molecule has 4 bridgehead atoms. The van der Waals surface area contributed by atoms with Gasteiger partial charge in [-0.3, -0.25) is 15.0 Å². The predicted octanol–water partition coefficient (Wildman–Crippen LogP) is 5.71. The van der Waals surface area contributed by atoms with Crippen LogP contribution >= 0.6 is 11.8 Å². The zero-order valence-electron chi connectivity index (χ0n) is 19.7. The molecule has 4 aliphatic carbocycles. The number of hydrogen-bond donors (Lipinski definition) is 2. The number of aliphatic hydroxyl groups excluding tert-OH is 1. The Bertz CT molecular complexity index is 1050. The van der Waals surface area contributed by atoms with Crippen LogP contribution in [0, 0.1) is 35.9 Å². The molecule has 2 atom stereocenters. The highest BCUT2D eigenvalue weighted by Gasteiger charge is 2.50. The summed E-state index contributed by atoms with van der Waals surface area (Å²) in [5, 5.41) is 14.3. The minimum atomic E-state index is -0.711. The molecule has 2 aromatic rings. The second-order valence-corrected chi connectivity index (χ2v) is 12.3. The standard InChI is InChI=1S/C28H33FN2O2S/c1-17-8-22(26(33)30-16-28-12-18-9-19(13-28)11-20(10-18)14-28)4-7-24(17)31-25(32)15-34-27(31)21-2-5-23(29)6-3-21/h2-8,18-20,26-27,30,33H,9-16H2,1H3. The molecule has 1 aliphatic heterocycles. The Labute approximate surface area is 205 Å². The van der Waals surface area contributed by atoms with Gasteiger partial charge in [-0.25, -0.2) is 4.39 Å². The second-order valence-electron chi connectivity index (χ2n) is 11.2. The van der Waals surface area contributed by atoms with Gasteiger partial charge in [0.05, 0.1) is 5.75 Å². The number of rotatable bonds is 6.